The molecule has 0 aliphatic carbocycles. The van der Waals surface area contributed by atoms with Crippen molar-refractivity contribution in [2.75, 3.05) is 0 Å². The lowest BCUT2D eigenvalue weighted by Gasteiger charge is -2.32. The van der Waals surface area contributed by atoms with Gasteiger partial charge in [-0.15, -0.1) is 0 Å². The van der Waals surface area contributed by atoms with Gasteiger partial charge in [-0.1, -0.05) is 30.3 Å². The zero-order chi connectivity index (χ0) is 17.4. The molecule has 2 aromatic carbocycles. The number of carbonyl (C=O) groups excluding carboxylic acids is 1. The second-order valence-corrected chi connectivity index (χ2v) is 7.56. The molecule has 0 saturated carbocycles. The lowest BCUT2D eigenvalue weighted by molar-refractivity contribution is -0.177. The molecule has 124 valence electrons. The average molecular weight is 344 g/mol. The van der Waals surface area contributed by atoms with Crippen molar-refractivity contribution in [3.05, 3.63) is 72.3 Å². The Kier molecular flexibility index (Phi) is 4.13. The first-order chi connectivity index (χ1) is 11.3. The van der Waals surface area contributed by atoms with Crippen molar-refractivity contribution in [3.8, 4) is 0 Å². The second-order valence-electron chi connectivity index (χ2n) is 5.61. The summed E-state index contributed by atoms with van der Waals surface area (Å²) >= 11 is 0. The van der Waals surface area contributed by atoms with Crippen molar-refractivity contribution >= 4 is 15.6 Å². The number of hydrogen-bond acceptors (Lipinski definition) is 5. The normalized spacial score (nSPS) is 24.1. The third-order valence-corrected chi connectivity index (χ3v) is 5.79. The summed E-state index contributed by atoms with van der Waals surface area (Å²) in [5.74, 6) is -0.313. The van der Waals surface area contributed by atoms with E-state index in [0.717, 1.165) is 0 Å². The van der Waals surface area contributed by atoms with Crippen LogP contribution in [0.1, 0.15) is 12.5 Å². The zero-order valence-corrected chi connectivity index (χ0v) is 13.7. The molecular weight excluding hydrogens is 328 g/mol. The van der Waals surface area contributed by atoms with Crippen molar-refractivity contribution in [1.29, 1.82) is 0 Å². The molecule has 2 atom stereocenters. The van der Waals surface area contributed by atoms with Crippen LogP contribution in [0.5, 0.6) is 0 Å². The van der Waals surface area contributed by atoms with Crippen LogP contribution in [0.3, 0.4) is 0 Å². The topological polar surface area (TPSA) is 80.7 Å². The van der Waals surface area contributed by atoms with Gasteiger partial charge < -0.3 is 9.84 Å². The van der Waals surface area contributed by atoms with Crippen molar-refractivity contribution in [2.45, 2.75) is 28.6 Å². The maximum absolute atomic E-state index is 12.6. The van der Waals surface area contributed by atoms with E-state index in [2.05, 4.69) is 0 Å². The van der Waals surface area contributed by atoms with Crippen LogP contribution in [0.2, 0.25) is 0 Å². The first-order valence-electron chi connectivity index (χ1n) is 7.33. The number of aliphatic hydroxyl groups excluding tert-OH is 1. The van der Waals surface area contributed by atoms with Crippen LogP contribution in [0.15, 0.2) is 76.5 Å². The molecule has 0 fully saturated rings. The molecule has 0 radical (unpaired) electrons. The van der Waals surface area contributed by atoms with Crippen molar-refractivity contribution in [2.24, 2.45) is 0 Å². The molecule has 1 aliphatic heterocycles. The Labute approximate surface area is 140 Å². The minimum Gasteiger partial charge on any atom is -0.365 e. The number of carbonyl (C=O) groups is 1. The minimum atomic E-state index is -3.62. The summed E-state index contributed by atoms with van der Waals surface area (Å²) < 4.78 is 30.5. The standard InChI is InChI=1S/C18H16O5S/c1-18(16(19)11-12-17(20)23-18)13-7-9-15(10-8-13)24(21,22)14-5-3-2-4-6-14/h2-12,17,20H,1H3. The van der Waals surface area contributed by atoms with Gasteiger partial charge in [0.15, 0.2) is 17.7 Å². The Morgan fingerprint density at radius 2 is 1.58 bits per heavy atom. The van der Waals surface area contributed by atoms with Gasteiger partial charge in [-0.25, -0.2) is 8.42 Å². The van der Waals surface area contributed by atoms with Gasteiger partial charge in [-0.2, -0.15) is 0 Å². The first-order valence-corrected chi connectivity index (χ1v) is 8.81. The fourth-order valence-electron chi connectivity index (χ4n) is 2.57. The Morgan fingerprint density at radius 3 is 2.21 bits per heavy atom. The summed E-state index contributed by atoms with van der Waals surface area (Å²) in [4.78, 5) is 12.5. The predicted octanol–water partition coefficient (Wildman–Crippen LogP) is 2.21. The van der Waals surface area contributed by atoms with Crippen LogP contribution < -0.4 is 0 Å². The summed E-state index contributed by atoms with van der Waals surface area (Å²) in [6.07, 6.45) is 1.35. The highest BCUT2D eigenvalue weighted by molar-refractivity contribution is 7.91. The number of sulfone groups is 1. The van der Waals surface area contributed by atoms with E-state index in [9.17, 15) is 18.3 Å². The van der Waals surface area contributed by atoms with Gasteiger partial charge in [-0.05, 0) is 48.9 Å². The lowest BCUT2D eigenvalue weighted by Crippen LogP contribution is -2.40. The maximum Gasteiger partial charge on any atom is 0.206 e. The molecule has 2 aromatic rings. The molecule has 2 unspecified atom stereocenters. The van der Waals surface area contributed by atoms with Gasteiger partial charge >= 0.3 is 0 Å². The van der Waals surface area contributed by atoms with Crippen LogP contribution >= 0.6 is 0 Å². The van der Waals surface area contributed by atoms with Crippen LogP contribution in [0.4, 0.5) is 0 Å². The average Bonchev–Trinajstić information content (AvgIpc) is 2.59. The van der Waals surface area contributed by atoms with Crippen LogP contribution in [-0.2, 0) is 25.0 Å². The molecule has 3 rings (SSSR count). The molecule has 24 heavy (non-hydrogen) atoms. The van der Waals surface area contributed by atoms with Crippen molar-refractivity contribution in [3.63, 3.8) is 0 Å². The number of hydrogen-bond donors (Lipinski definition) is 1. The summed E-state index contributed by atoms with van der Waals surface area (Å²) in [6, 6.07) is 14.0. The van der Waals surface area contributed by atoms with E-state index in [-0.39, 0.29) is 15.6 Å². The van der Waals surface area contributed by atoms with Crippen LogP contribution in [0, 0.1) is 0 Å². The highest BCUT2D eigenvalue weighted by Gasteiger charge is 2.39. The van der Waals surface area contributed by atoms with E-state index in [1.807, 2.05) is 0 Å². The molecule has 0 aromatic heterocycles. The van der Waals surface area contributed by atoms with E-state index in [0.29, 0.717) is 5.56 Å². The largest absolute Gasteiger partial charge is 0.365 e. The fourth-order valence-corrected chi connectivity index (χ4v) is 3.85. The lowest BCUT2D eigenvalue weighted by atomic mass is 9.89. The molecular formula is C18H16O5S. The summed E-state index contributed by atoms with van der Waals surface area (Å²) in [5.41, 5.74) is -0.869. The fraction of sp³-hybridized carbons (Fsp3) is 0.167. The Bertz CT molecular complexity index is 885. The van der Waals surface area contributed by atoms with Crippen molar-refractivity contribution < 1.29 is 23.1 Å². The molecule has 1 aliphatic rings. The molecule has 1 heterocycles. The SMILES string of the molecule is CC1(c2ccc(S(=O)(=O)c3ccccc3)cc2)OC(O)C=CC1=O. The van der Waals surface area contributed by atoms with Crippen molar-refractivity contribution in [1.82, 2.24) is 0 Å². The molecule has 0 bridgehead atoms. The summed E-state index contributed by atoms with van der Waals surface area (Å²) in [6.45, 7) is 1.54. The van der Waals surface area contributed by atoms with Gasteiger partial charge in [-0.3, -0.25) is 4.79 Å². The molecule has 6 heteroatoms. The van der Waals surface area contributed by atoms with Gasteiger partial charge in [0.25, 0.3) is 0 Å². The van der Waals surface area contributed by atoms with Gasteiger partial charge in [0.2, 0.25) is 9.84 Å². The number of rotatable bonds is 3. The van der Waals surface area contributed by atoms with Gasteiger partial charge in [0.05, 0.1) is 9.79 Å². The van der Waals surface area contributed by atoms with Gasteiger partial charge in [0.1, 0.15) is 0 Å². The van der Waals surface area contributed by atoms with E-state index in [1.165, 1.54) is 48.6 Å². The number of benzene rings is 2. The van der Waals surface area contributed by atoms with E-state index in [4.69, 9.17) is 4.74 Å². The molecule has 5 nitrogen and oxygen atoms in total. The molecule has 0 saturated heterocycles. The third kappa shape index (κ3) is 2.80. The van der Waals surface area contributed by atoms with E-state index < -0.39 is 21.7 Å². The number of ketones is 1. The maximum atomic E-state index is 12.6. The van der Waals surface area contributed by atoms with Crippen LogP contribution in [0.25, 0.3) is 0 Å². The second kappa shape index (κ2) is 5.98. The van der Waals surface area contributed by atoms with E-state index >= 15 is 0 Å². The quantitative estimate of drug-likeness (QED) is 0.923. The summed E-state index contributed by atoms with van der Waals surface area (Å²) in [5, 5.41) is 9.60. The zero-order valence-electron chi connectivity index (χ0n) is 12.9. The predicted molar refractivity (Wildman–Crippen MR) is 86.9 cm³/mol. The molecule has 1 N–H and O–H groups in total. The third-order valence-electron chi connectivity index (χ3n) is 4.01. The highest BCUT2D eigenvalue weighted by atomic mass is 32.2. The van der Waals surface area contributed by atoms with E-state index in [1.54, 1.807) is 25.1 Å². The molecule has 0 amide bonds. The Hall–Kier alpha value is -2.28. The molecule has 0 spiro atoms. The number of aliphatic hydroxyl groups is 1. The van der Waals surface area contributed by atoms with Gasteiger partial charge in [0, 0.05) is 0 Å². The number of ether oxygens (including phenoxy) is 1. The van der Waals surface area contributed by atoms with Crippen LogP contribution in [-0.4, -0.2) is 25.6 Å². The first kappa shape index (κ1) is 16.6. The smallest absolute Gasteiger partial charge is 0.206 e. The minimum absolute atomic E-state index is 0.125. The Balaban J connectivity index is 1.97. The highest BCUT2D eigenvalue weighted by Crippen LogP contribution is 2.32. The Morgan fingerprint density at radius 1 is 1.00 bits per heavy atom. The summed E-state index contributed by atoms with van der Waals surface area (Å²) in [7, 11) is -3.62. The monoisotopic (exact) mass is 344 g/mol.